The van der Waals surface area contributed by atoms with E-state index < -0.39 is 0 Å². The number of ether oxygens (including phenoxy) is 2. The van der Waals surface area contributed by atoms with E-state index in [0.29, 0.717) is 13.1 Å². The molecule has 0 unspecified atom stereocenters. The second-order valence-corrected chi connectivity index (χ2v) is 6.25. The monoisotopic (exact) mass is 368 g/mol. The van der Waals surface area contributed by atoms with E-state index in [1.165, 1.54) is 6.33 Å². The molecule has 0 amide bonds. The molecule has 0 saturated carbocycles. The van der Waals surface area contributed by atoms with Crippen molar-refractivity contribution in [2.24, 2.45) is 0 Å². The van der Waals surface area contributed by atoms with Crippen LogP contribution in [0.15, 0.2) is 54.9 Å². The summed E-state index contributed by atoms with van der Waals surface area (Å²) in [7, 11) is 0. The van der Waals surface area contributed by atoms with Crippen LogP contribution in [0.25, 0.3) is 0 Å². The van der Waals surface area contributed by atoms with E-state index in [-0.39, 0.29) is 6.79 Å². The van der Waals surface area contributed by atoms with Gasteiger partial charge in [0.1, 0.15) is 18.0 Å². The summed E-state index contributed by atoms with van der Waals surface area (Å²) in [5.41, 5.74) is 2.21. The number of nitrogens with zero attached hydrogens (tertiary/aromatic N) is 2. The summed E-state index contributed by atoms with van der Waals surface area (Å²) in [6.07, 6.45) is 1.53. The second kappa shape index (κ2) is 7.49. The van der Waals surface area contributed by atoms with Crippen LogP contribution in [0.2, 0.25) is 5.02 Å². The lowest BCUT2D eigenvalue weighted by molar-refractivity contribution is 0.174. The molecular weight excluding hydrogens is 352 g/mol. The van der Waals surface area contributed by atoms with Crippen molar-refractivity contribution in [3.05, 3.63) is 71.0 Å². The fourth-order valence-electron chi connectivity index (χ4n) is 2.59. The molecule has 0 radical (unpaired) electrons. The molecule has 26 heavy (non-hydrogen) atoms. The molecule has 2 N–H and O–H groups in total. The van der Waals surface area contributed by atoms with Gasteiger partial charge in [0, 0.05) is 24.2 Å². The van der Waals surface area contributed by atoms with Crippen LogP contribution >= 0.6 is 11.6 Å². The quantitative estimate of drug-likeness (QED) is 0.683. The molecule has 3 aromatic rings. The molecule has 132 valence electrons. The topological polar surface area (TPSA) is 68.3 Å². The predicted octanol–water partition coefficient (Wildman–Crippen LogP) is 4.08. The maximum Gasteiger partial charge on any atom is 0.231 e. The van der Waals surface area contributed by atoms with Crippen molar-refractivity contribution in [1.82, 2.24) is 9.97 Å². The van der Waals surface area contributed by atoms with Crippen molar-refractivity contribution in [2.75, 3.05) is 17.4 Å². The zero-order chi connectivity index (χ0) is 17.8. The van der Waals surface area contributed by atoms with Gasteiger partial charge in [-0.25, -0.2) is 9.97 Å². The van der Waals surface area contributed by atoms with E-state index in [1.807, 2.05) is 48.5 Å². The van der Waals surface area contributed by atoms with E-state index in [0.717, 1.165) is 39.3 Å². The molecule has 0 aliphatic carbocycles. The Balaban J connectivity index is 1.35. The highest BCUT2D eigenvalue weighted by Crippen LogP contribution is 2.32. The Morgan fingerprint density at radius 3 is 2.23 bits per heavy atom. The average Bonchev–Trinajstić information content (AvgIpc) is 3.14. The number of hydrogen-bond acceptors (Lipinski definition) is 6. The molecule has 0 saturated heterocycles. The first-order valence-electron chi connectivity index (χ1n) is 8.19. The number of rotatable bonds is 6. The van der Waals surface area contributed by atoms with Gasteiger partial charge in [-0.1, -0.05) is 29.8 Å². The summed E-state index contributed by atoms with van der Waals surface area (Å²) in [6, 6.07) is 15.5. The fourth-order valence-corrected chi connectivity index (χ4v) is 2.72. The average molecular weight is 369 g/mol. The zero-order valence-electron chi connectivity index (χ0n) is 13.9. The lowest BCUT2D eigenvalue weighted by atomic mass is 10.2. The molecule has 1 aromatic heterocycles. The molecule has 2 aromatic carbocycles. The molecule has 4 rings (SSSR count). The van der Waals surface area contributed by atoms with Gasteiger partial charge in [-0.2, -0.15) is 0 Å². The third-order valence-electron chi connectivity index (χ3n) is 3.96. The van der Waals surface area contributed by atoms with Crippen LogP contribution in [-0.2, 0) is 13.1 Å². The van der Waals surface area contributed by atoms with Gasteiger partial charge in [0.15, 0.2) is 11.5 Å². The Morgan fingerprint density at radius 1 is 0.808 bits per heavy atom. The first kappa shape index (κ1) is 16.5. The van der Waals surface area contributed by atoms with Crippen LogP contribution in [0.5, 0.6) is 11.5 Å². The Bertz CT molecular complexity index is 902. The number of aromatic nitrogens is 2. The van der Waals surface area contributed by atoms with Gasteiger partial charge in [-0.05, 0) is 35.4 Å². The normalized spacial score (nSPS) is 12.0. The van der Waals surface area contributed by atoms with Gasteiger partial charge < -0.3 is 20.1 Å². The Kier molecular flexibility index (Phi) is 4.75. The van der Waals surface area contributed by atoms with Gasteiger partial charge >= 0.3 is 0 Å². The standard InChI is InChI=1S/C19H17ClN4O2/c20-15-4-1-13(2-5-15)9-21-18-8-19(24-11-23-18)22-10-14-3-6-16-17(7-14)26-12-25-16/h1-8,11H,9-10,12H2,(H2,21,22,23,24). The van der Waals surface area contributed by atoms with Gasteiger partial charge in [-0.15, -0.1) is 0 Å². The third kappa shape index (κ3) is 3.97. The van der Waals surface area contributed by atoms with Crippen molar-refractivity contribution in [2.45, 2.75) is 13.1 Å². The van der Waals surface area contributed by atoms with Crippen LogP contribution < -0.4 is 20.1 Å². The SMILES string of the molecule is Clc1ccc(CNc2cc(NCc3ccc4c(c3)OCO4)ncn2)cc1. The smallest absolute Gasteiger partial charge is 0.231 e. The maximum absolute atomic E-state index is 5.90. The van der Waals surface area contributed by atoms with E-state index >= 15 is 0 Å². The van der Waals surface area contributed by atoms with E-state index in [2.05, 4.69) is 20.6 Å². The fraction of sp³-hybridized carbons (Fsp3) is 0.158. The molecule has 6 nitrogen and oxygen atoms in total. The summed E-state index contributed by atoms with van der Waals surface area (Å²) < 4.78 is 10.7. The minimum Gasteiger partial charge on any atom is -0.454 e. The molecule has 1 aliphatic rings. The van der Waals surface area contributed by atoms with Crippen LogP contribution in [-0.4, -0.2) is 16.8 Å². The molecular formula is C19H17ClN4O2. The van der Waals surface area contributed by atoms with Gasteiger partial charge in [0.05, 0.1) is 0 Å². The first-order valence-corrected chi connectivity index (χ1v) is 8.57. The van der Waals surface area contributed by atoms with Crippen LogP contribution in [0.3, 0.4) is 0 Å². The summed E-state index contributed by atoms with van der Waals surface area (Å²) in [6.45, 7) is 1.57. The lowest BCUT2D eigenvalue weighted by Gasteiger charge is -2.09. The Hall–Kier alpha value is -2.99. The third-order valence-corrected chi connectivity index (χ3v) is 4.22. The highest BCUT2D eigenvalue weighted by atomic mass is 35.5. The van der Waals surface area contributed by atoms with Gasteiger partial charge in [-0.3, -0.25) is 0 Å². The molecule has 1 aliphatic heterocycles. The second-order valence-electron chi connectivity index (χ2n) is 5.81. The largest absolute Gasteiger partial charge is 0.454 e. The molecule has 0 bridgehead atoms. The zero-order valence-corrected chi connectivity index (χ0v) is 14.7. The molecule has 0 spiro atoms. The number of hydrogen-bond donors (Lipinski definition) is 2. The Labute approximate surface area is 156 Å². The van der Waals surface area contributed by atoms with Crippen LogP contribution in [0.4, 0.5) is 11.6 Å². The van der Waals surface area contributed by atoms with Crippen LogP contribution in [0, 0.1) is 0 Å². The minimum atomic E-state index is 0.279. The number of benzene rings is 2. The summed E-state index contributed by atoms with van der Waals surface area (Å²) >= 11 is 5.90. The van der Waals surface area contributed by atoms with Crippen molar-refractivity contribution < 1.29 is 9.47 Å². The molecule has 0 fully saturated rings. The lowest BCUT2D eigenvalue weighted by Crippen LogP contribution is -2.05. The maximum atomic E-state index is 5.90. The first-order chi connectivity index (χ1) is 12.8. The molecule has 7 heteroatoms. The van der Waals surface area contributed by atoms with Crippen molar-refractivity contribution in [3.63, 3.8) is 0 Å². The van der Waals surface area contributed by atoms with Crippen LogP contribution in [0.1, 0.15) is 11.1 Å². The predicted molar refractivity (Wildman–Crippen MR) is 101 cm³/mol. The number of fused-ring (bicyclic) bond motifs is 1. The summed E-state index contributed by atoms with van der Waals surface area (Å²) in [4.78, 5) is 8.51. The highest BCUT2D eigenvalue weighted by molar-refractivity contribution is 6.30. The van der Waals surface area contributed by atoms with Gasteiger partial charge in [0.25, 0.3) is 0 Å². The molecule has 0 atom stereocenters. The Morgan fingerprint density at radius 2 is 1.46 bits per heavy atom. The van der Waals surface area contributed by atoms with Crippen molar-refractivity contribution >= 4 is 23.2 Å². The minimum absolute atomic E-state index is 0.279. The van der Waals surface area contributed by atoms with E-state index in [4.69, 9.17) is 21.1 Å². The molecule has 2 heterocycles. The highest BCUT2D eigenvalue weighted by Gasteiger charge is 2.13. The van der Waals surface area contributed by atoms with Crippen molar-refractivity contribution in [3.8, 4) is 11.5 Å². The summed E-state index contributed by atoms with van der Waals surface area (Å²) in [5, 5.41) is 7.30. The number of nitrogens with one attached hydrogen (secondary N) is 2. The number of halogens is 1. The van der Waals surface area contributed by atoms with E-state index in [9.17, 15) is 0 Å². The summed E-state index contributed by atoms with van der Waals surface area (Å²) in [5.74, 6) is 3.06. The van der Waals surface area contributed by atoms with Gasteiger partial charge in [0.2, 0.25) is 6.79 Å². The van der Waals surface area contributed by atoms with E-state index in [1.54, 1.807) is 0 Å². The number of anilines is 2. The van der Waals surface area contributed by atoms with Crippen molar-refractivity contribution in [1.29, 1.82) is 0 Å².